The number of alkyl halides is 9. The number of halogens is 9. The van der Waals surface area contributed by atoms with Crippen LogP contribution in [-0.4, -0.2) is 80.1 Å². The normalized spacial score (nSPS) is 15.8. The van der Waals surface area contributed by atoms with Crippen molar-refractivity contribution in [2.75, 3.05) is 34.2 Å². The second-order valence-electron chi connectivity index (χ2n) is 5.69. The molecular formula is C10H16F9N2O3S+. The van der Waals surface area contributed by atoms with Gasteiger partial charge in [0.1, 0.15) is 6.54 Å². The van der Waals surface area contributed by atoms with Crippen molar-refractivity contribution in [1.29, 1.82) is 0 Å². The van der Waals surface area contributed by atoms with Crippen molar-refractivity contribution in [3.8, 4) is 0 Å². The molecule has 0 saturated heterocycles. The maximum absolute atomic E-state index is 13.5. The van der Waals surface area contributed by atoms with Crippen molar-refractivity contribution in [2.24, 2.45) is 0 Å². The number of nitrogens with zero attached hydrogens (tertiary/aromatic N) is 2. The molecule has 0 bridgehead atoms. The highest BCUT2D eigenvalue weighted by molar-refractivity contribution is 7.90. The summed E-state index contributed by atoms with van der Waals surface area (Å²) in [5.74, 6) is -14.5. The third kappa shape index (κ3) is 4.49. The predicted octanol–water partition coefficient (Wildman–Crippen LogP) is 2.53. The van der Waals surface area contributed by atoms with Crippen LogP contribution < -0.4 is 0 Å². The van der Waals surface area contributed by atoms with Gasteiger partial charge >= 0.3 is 23.3 Å². The van der Waals surface area contributed by atoms with Crippen molar-refractivity contribution >= 4 is 10.0 Å². The van der Waals surface area contributed by atoms with E-state index in [2.05, 4.69) is 0 Å². The van der Waals surface area contributed by atoms with Gasteiger partial charge < -0.3 is 0 Å². The molecular weight excluding hydrogens is 399 g/mol. The van der Waals surface area contributed by atoms with E-state index < -0.39 is 48.8 Å². The van der Waals surface area contributed by atoms with E-state index in [0.717, 1.165) is 0 Å². The zero-order valence-electron chi connectivity index (χ0n) is 13.1. The van der Waals surface area contributed by atoms with Gasteiger partial charge in [0, 0.05) is 20.0 Å². The Kier molecular flexibility index (Phi) is 6.52. The van der Waals surface area contributed by atoms with Gasteiger partial charge in [0.05, 0.1) is 14.1 Å². The highest BCUT2D eigenvalue weighted by atomic mass is 32.2. The Morgan fingerprint density at radius 1 is 0.920 bits per heavy atom. The fraction of sp³-hybridized carbons (Fsp3) is 1.00. The highest BCUT2D eigenvalue weighted by Crippen LogP contribution is 2.55. The number of hydroxylamine groups is 3. The number of hydrogen-bond donors (Lipinski definition) is 1. The van der Waals surface area contributed by atoms with E-state index in [4.69, 9.17) is 0 Å². The highest BCUT2D eigenvalue weighted by Gasteiger charge is 2.85. The molecule has 0 aliphatic heterocycles. The SMILES string of the molecule is CN(CCC[N+](C)(C)O)S(=O)(=O)C(F)(F)C(F)(F)C(F)(F)C(F)(F)F. The molecule has 1 N–H and O–H groups in total. The monoisotopic (exact) mass is 415 g/mol. The molecule has 0 rings (SSSR count). The molecule has 0 aromatic carbocycles. The third-order valence-corrected chi connectivity index (χ3v) is 4.94. The Morgan fingerprint density at radius 3 is 1.64 bits per heavy atom. The first-order valence-electron chi connectivity index (χ1n) is 6.34. The fourth-order valence-electron chi connectivity index (χ4n) is 1.52. The van der Waals surface area contributed by atoms with Crippen LogP contribution in [-0.2, 0) is 10.0 Å². The summed E-state index contributed by atoms with van der Waals surface area (Å²) in [5, 5.41) is 2.56. The maximum atomic E-state index is 13.5. The Hall–Kier alpha value is -0.800. The molecule has 0 aliphatic carbocycles. The van der Waals surface area contributed by atoms with Crippen LogP contribution in [0.15, 0.2) is 0 Å². The minimum atomic E-state index is -7.29. The summed E-state index contributed by atoms with van der Waals surface area (Å²) in [7, 11) is -3.88. The summed E-state index contributed by atoms with van der Waals surface area (Å²) < 4.78 is 136. The second-order valence-corrected chi connectivity index (χ2v) is 7.77. The topological polar surface area (TPSA) is 57.6 Å². The molecule has 0 radical (unpaired) electrons. The van der Waals surface area contributed by atoms with E-state index in [1.165, 1.54) is 14.1 Å². The van der Waals surface area contributed by atoms with Gasteiger partial charge in [-0.3, -0.25) is 0 Å². The largest absolute Gasteiger partial charge is 0.460 e. The van der Waals surface area contributed by atoms with Crippen molar-refractivity contribution in [1.82, 2.24) is 4.31 Å². The molecule has 0 aromatic heterocycles. The van der Waals surface area contributed by atoms with Gasteiger partial charge in [-0.1, -0.05) is 0 Å². The zero-order chi connectivity index (χ0) is 20.7. The Labute approximate surface area is 137 Å². The summed E-state index contributed by atoms with van der Waals surface area (Å²) in [5.41, 5.74) is 0. The summed E-state index contributed by atoms with van der Waals surface area (Å²) in [4.78, 5) is 0. The first-order valence-corrected chi connectivity index (χ1v) is 7.79. The molecule has 152 valence electrons. The van der Waals surface area contributed by atoms with Crippen molar-refractivity contribution < 1.29 is 57.8 Å². The minimum Gasteiger partial charge on any atom is -0.217 e. The summed E-state index contributed by atoms with van der Waals surface area (Å²) in [6.07, 6.45) is -7.48. The fourth-order valence-corrected chi connectivity index (χ4v) is 2.73. The number of rotatable bonds is 8. The quantitative estimate of drug-likeness (QED) is 0.377. The van der Waals surface area contributed by atoms with Gasteiger partial charge in [-0.2, -0.15) is 48.5 Å². The van der Waals surface area contributed by atoms with Gasteiger partial charge in [-0.05, 0) is 0 Å². The van der Waals surface area contributed by atoms with Crippen LogP contribution in [0.2, 0.25) is 0 Å². The van der Waals surface area contributed by atoms with Gasteiger partial charge in [-0.15, -0.1) is 0 Å². The van der Waals surface area contributed by atoms with Crippen LogP contribution in [0, 0.1) is 0 Å². The molecule has 0 fully saturated rings. The van der Waals surface area contributed by atoms with Crippen molar-refractivity contribution in [3.63, 3.8) is 0 Å². The van der Waals surface area contributed by atoms with E-state index in [-0.39, 0.29) is 13.0 Å². The molecule has 25 heavy (non-hydrogen) atoms. The maximum Gasteiger partial charge on any atom is 0.460 e. The van der Waals surface area contributed by atoms with Gasteiger partial charge in [-0.25, -0.2) is 13.6 Å². The zero-order valence-corrected chi connectivity index (χ0v) is 13.9. The molecule has 0 atom stereocenters. The lowest BCUT2D eigenvalue weighted by Gasteiger charge is -2.34. The van der Waals surface area contributed by atoms with Crippen LogP contribution in [0.3, 0.4) is 0 Å². The molecule has 15 heteroatoms. The smallest absolute Gasteiger partial charge is 0.217 e. The van der Waals surface area contributed by atoms with Crippen LogP contribution in [0.4, 0.5) is 39.5 Å². The molecule has 5 nitrogen and oxygen atoms in total. The van der Waals surface area contributed by atoms with E-state index in [9.17, 15) is 53.1 Å². The Bertz CT molecular complexity index is 569. The predicted molar refractivity (Wildman–Crippen MR) is 65.8 cm³/mol. The summed E-state index contributed by atoms with van der Waals surface area (Å²) in [6, 6.07) is 0. The first kappa shape index (κ1) is 24.2. The molecule has 0 spiro atoms. The van der Waals surface area contributed by atoms with Gasteiger partial charge in [0.15, 0.2) is 0 Å². The molecule has 0 unspecified atom stereocenters. The van der Waals surface area contributed by atoms with Crippen molar-refractivity contribution in [2.45, 2.75) is 29.7 Å². The van der Waals surface area contributed by atoms with Gasteiger partial charge in [0.25, 0.3) is 10.0 Å². The first-order chi connectivity index (χ1) is 10.6. The average Bonchev–Trinajstić information content (AvgIpc) is 2.34. The van der Waals surface area contributed by atoms with E-state index in [1.54, 1.807) is 0 Å². The van der Waals surface area contributed by atoms with E-state index in [0.29, 0.717) is 7.05 Å². The minimum absolute atomic E-state index is 0.249. The van der Waals surface area contributed by atoms with Gasteiger partial charge in [0.2, 0.25) is 0 Å². The summed E-state index contributed by atoms with van der Waals surface area (Å²) >= 11 is 0. The lowest BCUT2D eigenvalue weighted by Crippen LogP contribution is -2.65. The Balaban J connectivity index is 5.67. The summed E-state index contributed by atoms with van der Waals surface area (Å²) in [6.45, 7) is -1.19. The van der Waals surface area contributed by atoms with Crippen LogP contribution in [0.5, 0.6) is 0 Å². The van der Waals surface area contributed by atoms with E-state index in [1.807, 2.05) is 0 Å². The lowest BCUT2D eigenvalue weighted by atomic mass is 10.1. The Morgan fingerprint density at radius 2 is 1.32 bits per heavy atom. The molecule has 0 aliphatic rings. The van der Waals surface area contributed by atoms with Crippen LogP contribution in [0.1, 0.15) is 6.42 Å². The number of quaternary nitrogens is 1. The van der Waals surface area contributed by atoms with Crippen LogP contribution in [0.25, 0.3) is 0 Å². The molecule has 0 saturated carbocycles. The molecule has 0 amide bonds. The molecule has 0 heterocycles. The number of sulfonamides is 1. The van der Waals surface area contributed by atoms with E-state index >= 15 is 0 Å². The average molecular weight is 415 g/mol. The number of hydrogen-bond acceptors (Lipinski definition) is 3. The van der Waals surface area contributed by atoms with Crippen LogP contribution >= 0.6 is 0 Å². The second kappa shape index (κ2) is 6.74. The van der Waals surface area contributed by atoms with Crippen molar-refractivity contribution in [3.05, 3.63) is 0 Å². The molecule has 0 aromatic rings. The third-order valence-electron chi connectivity index (χ3n) is 3.03. The standard InChI is InChI=1S/C10H16F9N2O3S/c1-20(5-4-6-21(2,3)22)25(23,24)10(18,19)8(13,14)7(11,12)9(15,16)17/h22H,4-6H2,1-3H3/q+1. The lowest BCUT2D eigenvalue weighted by molar-refractivity contribution is -1.07.